The second kappa shape index (κ2) is 13.8. The highest BCUT2D eigenvalue weighted by Gasteiger charge is 2.42. The Kier molecular flexibility index (Phi) is 11.2. The van der Waals surface area contributed by atoms with E-state index in [0.717, 1.165) is 51.4 Å². The molecule has 1 saturated carbocycles. The van der Waals surface area contributed by atoms with Crippen LogP contribution in [0.2, 0.25) is 0 Å². The number of hydrogen-bond donors (Lipinski definition) is 3. The van der Waals surface area contributed by atoms with Crippen LogP contribution in [0.4, 0.5) is 4.39 Å². The number of piperidine rings is 1. The Labute approximate surface area is 216 Å². The summed E-state index contributed by atoms with van der Waals surface area (Å²) in [6.07, 6.45) is 9.62. The van der Waals surface area contributed by atoms with Crippen LogP contribution in [0.5, 0.6) is 0 Å². The summed E-state index contributed by atoms with van der Waals surface area (Å²) in [4.78, 5) is 15.3. The Morgan fingerprint density at radius 1 is 1.28 bits per heavy atom. The number of benzene rings is 1. The molecule has 1 heterocycles. The van der Waals surface area contributed by atoms with Gasteiger partial charge in [0.25, 0.3) is 0 Å². The fourth-order valence-corrected chi connectivity index (χ4v) is 6.41. The summed E-state index contributed by atoms with van der Waals surface area (Å²) in [5.41, 5.74) is -1.27. The summed E-state index contributed by atoms with van der Waals surface area (Å²) in [5, 5.41) is 26.3. The fourth-order valence-electron chi connectivity index (χ4n) is 6.41. The lowest BCUT2D eigenvalue weighted by Gasteiger charge is -2.43. The second-order valence-corrected chi connectivity index (χ2v) is 11.2. The first kappa shape index (κ1) is 29.0. The van der Waals surface area contributed by atoms with Crippen molar-refractivity contribution in [2.24, 2.45) is 11.8 Å². The van der Waals surface area contributed by atoms with Gasteiger partial charge in [-0.05, 0) is 88.6 Å². The number of carbonyl (C=O) groups is 1. The number of carbonyl (C=O) groups excluding carboxylic acids is 1. The summed E-state index contributed by atoms with van der Waals surface area (Å²) in [6, 6.07) is 6.28. The fraction of sp³-hybridized carbons (Fsp3) is 0.759. The van der Waals surface area contributed by atoms with E-state index < -0.39 is 11.2 Å². The normalized spacial score (nSPS) is 22.7. The SMILES string of the molecule is CNCC(CC(=O)N1CCC[C@@H]([C@@](O)(CCCCOC)c2cccc(F)c2)C1)CC1(O)CCCCC1. The first-order valence-electron chi connectivity index (χ1n) is 13.9. The van der Waals surface area contributed by atoms with Crippen molar-refractivity contribution in [2.45, 2.75) is 88.3 Å². The van der Waals surface area contributed by atoms with Crippen molar-refractivity contribution in [1.82, 2.24) is 10.2 Å². The highest BCUT2D eigenvalue weighted by atomic mass is 19.1. The van der Waals surface area contributed by atoms with Crippen molar-refractivity contribution in [3.05, 3.63) is 35.6 Å². The summed E-state index contributed by atoms with van der Waals surface area (Å²) in [6.45, 7) is 2.45. The van der Waals surface area contributed by atoms with Crippen molar-refractivity contribution < 1.29 is 24.1 Å². The summed E-state index contributed by atoms with van der Waals surface area (Å²) >= 11 is 0. The number of likely N-dealkylation sites (tertiary alicyclic amines) is 1. The minimum absolute atomic E-state index is 0.0714. The Hall–Kier alpha value is -1.54. The summed E-state index contributed by atoms with van der Waals surface area (Å²) in [5.74, 6) is -0.366. The molecule has 3 atom stereocenters. The predicted octanol–water partition coefficient (Wildman–Crippen LogP) is 4.38. The van der Waals surface area contributed by atoms with Crippen LogP contribution in [0, 0.1) is 17.7 Å². The van der Waals surface area contributed by atoms with Crippen LogP contribution in [-0.4, -0.2) is 67.0 Å². The van der Waals surface area contributed by atoms with Crippen LogP contribution in [0.3, 0.4) is 0 Å². The number of aliphatic hydroxyl groups is 2. The zero-order valence-electron chi connectivity index (χ0n) is 22.3. The van der Waals surface area contributed by atoms with E-state index in [0.29, 0.717) is 51.1 Å². The lowest BCUT2D eigenvalue weighted by Crippen LogP contribution is -2.49. The van der Waals surface area contributed by atoms with Gasteiger partial charge < -0.3 is 25.2 Å². The average Bonchev–Trinajstić information content (AvgIpc) is 2.87. The van der Waals surface area contributed by atoms with Gasteiger partial charge in [0.05, 0.1) is 11.2 Å². The van der Waals surface area contributed by atoms with Gasteiger partial charge in [-0.25, -0.2) is 4.39 Å². The molecule has 1 amide bonds. The average molecular weight is 507 g/mol. The van der Waals surface area contributed by atoms with Gasteiger partial charge in [-0.1, -0.05) is 31.4 Å². The maximum Gasteiger partial charge on any atom is 0.222 e. The molecule has 6 nitrogen and oxygen atoms in total. The summed E-state index contributed by atoms with van der Waals surface area (Å²) < 4.78 is 19.3. The number of unbranched alkanes of at least 4 members (excludes halogenated alkanes) is 1. The molecule has 1 saturated heterocycles. The van der Waals surface area contributed by atoms with Crippen LogP contribution in [0.25, 0.3) is 0 Å². The minimum atomic E-state index is -1.20. The second-order valence-electron chi connectivity index (χ2n) is 11.2. The number of rotatable bonds is 13. The van der Waals surface area contributed by atoms with Crippen molar-refractivity contribution in [2.75, 3.05) is 40.4 Å². The smallest absolute Gasteiger partial charge is 0.222 e. The minimum Gasteiger partial charge on any atom is -0.390 e. The van der Waals surface area contributed by atoms with E-state index in [9.17, 15) is 19.4 Å². The van der Waals surface area contributed by atoms with Gasteiger partial charge in [-0.3, -0.25) is 4.79 Å². The van der Waals surface area contributed by atoms with Crippen molar-refractivity contribution in [3.8, 4) is 0 Å². The van der Waals surface area contributed by atoms with Crippen molar-refractivity contribution >= 4 is 5.91 Å². The first-order valence-corrected chi connectivity index (χ1v) is 13.9. The van der Waals surface area contributed by atoms with Crippen molar-refractivity contribution in [1.29, 1.82) is 0 Å². The van der Waals surface area contributed by atoms with Gasteiger partial charge in [0, 0.05) is 39.1 Å². The quantitative estimate of drug-likeness (QED) is 0.346. The molecule has 1 aromatic carbocycles. The van der Waals surface area contributed by atoms with Crippen molar-refractivity contribution in [3.63, 3.8) is 0 Å². The molecule has 0 radical (unpaired) electrons. The van der Waals surface area contributed by atoms with Crippen LogP contribution < -0.4 is 5.32 Å². The molecule has 36 heavy (non-hydrogen) atoms. The molecule has 1 unspecified atom stereocenters. The molecule has 2 aliphatic rings. The number of nitrogens with zero attached hydrogens (tertiary/aromatic N) is 1. The molecule has 7 heteroatoms. The molecule has 3 N–H and O–H groups in total. The molecule has 1 aromatic rings. The zero-order chi connectivity index (χ0) is 26.0. The molecule has 3 rings (SSSR count). The van der Waals surface area contributed by atoms with Gasteiger partial charge >= 0.3 is 0 Å². The lowest BCUT2D eigenvalue weighted by molar-refractivity contribution is -0.138. The monoisotopic (exact) mass is 506 g/mol. The third kappa shape index (κ3) is 7.98. The number of methoxy groups -OCH3 is 1. The third-order valence-electron chi connectivity index (χ3n) is 8.34. The molecule has 0 spiro atoms. The maximum atomic E-state index is 14.1. The summed E-state index contributed by atoms with van der Waals surface area (Å²) in [7, 11) is 3.56. The van der Waals surface area contributed by atoms with Gasteiger partial charge in [0.15, 0.2) is 0 Å². The van der Waals surface area contributed by atoms with Gasteiger partial charge in [-0.2, -0.15) is 0 Å². The van der Waals surface area contributed by atoms with E-state index in [4.69, 9.17) is 4.74 Å². The number of ether oxygens (including phenoxy) is 1. The standard InChI is InChI=1S/C29H47FN2O4/c1-31-21-23(20-28(34)13-4-3-5-14-28)18-27(33)32-16-9-11-25(22-32)29(35,15-6-7-17-36-2)24-10-8-12-26(30)19-24/h8,10,12,19,23,25,31,34-35H,3-7,9,11,13-18,20-22H2,1-2H3/t23?,25-,29-/m1/s1. The van der Waals surface area contributed by atoms with Crippen LogP contribution >= 0.6 is 0 Å². The topological polar surface area (TPSA) is 82.0 Å². The lowest BCUT2D eigenvalue weighted by atomic mass is 9.74. The Morgan fingerprint density at radius 3 is 2.75 bits per heavy atom. The number of nitrogens with one attached hydrogen (secondary N) is 1. The van der Waals surface area contributed by atoms with E-state index in [1.807, 2.05) is 11.9 Å². The Bertz CT molecular complexity index is 816. The van der Waals surface area contributed by atoms with E-state index >= 15 is 0 Å². The zero-order valence-corrected chi connectivity index (χ0v) is 22.3. The van der Waals surface area contributed by atoms with Crippen LogP contribution in [0.15, 0.2) is 24.3 Å². The number of hydrogen-bond acceptors (Lipinski definition) is 5. The van der Waals surface area contributed by atoms with Crippen LogP contribution in [-0.2, 0) is 15.1 Å². The van der Waals surface area contributed by atoms with E-state index in [1.165, 1.54) is 18.6 Å². The Morgan fingerprint density at radius 2 is 2.06 bits per heavy atom. The van der Waals surface area contributed by atoms with E-state index in [1.54, 1.807) is 19.2 Å². The number of halogens is 1. The Balaban J connectivity index is 1.70. The molecule has 1 aliphatic heterocycles. The third-order valence-corrected chi connectivity index (χ3v) is 8.34. The molecular formula is C29H47FN2O4. The molecule has 2 fully saturated rings. The highest BCUT2D eigenvalue weighted by Crippen LogP contribution is 2.40. The predicted molar refractivity (Wildman–Crippen MR) is 140 cm³/mol. The molecule has 204 valence electrons. The maximum absolute atomic E-state index is 14.1. The van der Waals surface area contributed by atoms with Gasteiger partial charge in [0.2, 0.25) is 5.91 Å². The molecule has 0 aromatic heterocycles. The largest absolute Gasteiger partial charge is 0.390 e. The highest BCUT2D eigenvalue weighted by molar-refractivity contribution is 5.76. The number of amides is 1. The van der Waals surface area contributed by atoms with E-state index in [2.05, 4.69) is 5.32 Å². The van der Waals surface area contributed by atoms with Crippen LogP contribution in [0.1, 0.15) is 82.6 Å². The molecular weight excluding hydrogens is 459 g/mol. The molecule has 1 aliphatic carbocycles. The first-order chi connectivity index (χ1) is 17.3. The molecule has 0 bridgehead atoms. The van der Waals surface area contributed by atoms with E-state index in [-0.39, 0.29) is 23.6 Å². The van der Waals surface area contributed by atoms with Gasteiger partial charge in [-0.15, -0.1) is 0 Å². The van der Waals surface area contributed by atoms with Gasteiger partial charge in [0.1, 0.15) is 5.82 Å².